The number of benzene rings is 1. The first-order valence-corrected chi connectivity index (χ1v) is 8.73. The van der Waals surface area contributed by atoms with E-state index in [1.807, 2.05) is 0 Å². The van der Waals surface area contributed by atoms with E-state index >= 15 is 0 Å². The molecule has 0 amide bonds. The van der Waals surface area contributed by atoms with Crippen LogP contribution in [0, 0.1) is 5.92 Å². The quantitative estimate of drug-likeness (QED) is 0.800. The molecule has 0 bridgehead atoms. The second-order valence-electron chi connectivity index (χ2n) is 5.81. The van der Waals surface area contributed by atoms with Gasteiger partial charge in [-0.15, -0.1) is 0 Å². The topological polar surface area (TPSA) is 15.3 Å². The van der Waals surface area contributed by atoms with Crippen molar-refractivity contribution < 1.29 is 0 Å². The Morgan fingerprint density at radius 1 is 1.30 bits per heavy atom. The van der Waals surface area contributed by atoms with Crippen LogP contribution in [0.25, 0.3) is 0 Å². The second-order valence-corrected chi connectivity index (χ2v) is 6.73. The monoisotopic (exact) mass is 338 g/mol. The molecular formula is C17H27BrN2. The van der Waals surface area contributed by atoms with Gasteiger partial charge in [-0.3, -0.25) is 0 Å². The summed E-state index contributed by atoms with van der Waals surface area (Å²) in [4.78, 5) is 2.64. The number of hydrogen-bond donors (Lipinski definition) is 1. The minimum absolute atomic E-state index is 0.480. The third-order valence-corrected chi connectivity index (χ3v) is 4.93. The largest absolute Gasteiger partial charge is 0.310 e. The number of nitrogens with one attached hydrogen (secondary N) is 1. The van der Waals surface area contributed by atoms with Crippen LogP contribution in [0.5, 0.6) is 0 Å². The minimum Gasteiger partial charge on any atom is -0.310 e. The molecule has 0 aromatic heterocycles. The molecule has 112 valence electrons. The van der Waals surface area contributed by atoms with Gasteiger partial charge >= 0.3 is 0 Å². The molecule has 2 rings (SSSR count). The highest BCUT2D eigenvalue weighted by molar-refractivity contribution is 9.10. The summed E-state index contributed by atoms with van der Waals surface area (Å²) in [5.74, 6) is 0.931. The molecule has 0 spiro atoms. The first-order chi connectivity index (χ1) is 9.72. The van der Waals surface area contributed by atoms with Crippen molar-refractivity contribution in [2.75, 3.05) is 26.2 Å². The van der Waals surface area contributed by atoms with Crippen LogP contribution in [0.4, 0.5) is 0 Å². The smallest absolute Gasteiger partial charge is 0.0332 e. The van der Waals surface area contributed by atoms with Crippen molar-refractivity contribution in [2.45, 2.75) is 39.2 Å². The summed E-state index contributed by atoms with van der Waals surface area (Å²) in [6, 6.07) is 9.23. The molecule has 1 fully saturated rings. The molecule has 2 atom stereocenters. The molecule has 1 heterocycles. The van der Waals surface area contributed by atoms with Gasteiger partial charge in [0.15, 0.2) is 0 Å². The van der Waals surface area contributed by atoms with Crippen molar-refractivity contribution in [2.24, 2.45) is 5.92 Å². The Bertz CT molecular complexity index is 390. The maximum absolute atomic E-state index is 3.63. The van der Waals surface area contributed by atoms with Crippen LogP contribution in [0.15, 0.2) is 28.7 Å². The molecule has 1 aromatic rings. The van der Waals surface area contributed by atoms with Crippen LogP contribution in [-0.2, 0) is 0 Å². The van der Waals surface area contributed by atoms with Gasteiger partial charge in [0.25, 0.3) is 0 Å². The van der Waals surface area contributed by atoms with Crippen molar-refractivity contribution in [1.82, 2.24) is 10.2 Å². The lowest BCUT2D eigenvalue weighted by Crippen LogP contribution is -2.28. The standard InChI is InChI=1S/C17H27BrN2/c1-3-14-9-11-20(13-14)12-10-17(19-4-2)15-5-7-16(18)8-6-15/h5-8,14,17,19H,3-4,9-13H2,1-2H3. The van der Waals surface area contributed by atoms with Gasteiger partial charge in [-0.05, 0) is 56.1 Å². The van der Waals surface area contributed by atoms with E-state index in [9.17, 15) is 0 Å². The van der Waals surface area contributed by atoms with E-state index in [2.05, 4.69) is 64.3 Å². The summed E-state index contributed by atoms with van der Waals surface area (Å²) in [5.41, 5.74) is 1.40. The maximum Gasteiger partial charge on any atom is 0.0332 e. The van der Waals surface area contributed by atoms with E-state index in [0.717, 1.165) is 16.9 Å². The SMILES string of the molecule is CCNC(CCN1CCC(CC)C1)c1ccc(Br)cc1. The molecule has 2 unspecified atom stereocenters. The van der Waals surface area contributed by atoms with E-state index in [-0.39, 0.29) is 0 Å². The molecule has 0 radical (unpaired) electrons. The molecule has 0 saturated carbocycles. The zero-order valence-corrected chi connectivity index (χ0v) is 14.3. The molecule has 0 aliphatic carbocycles. The lowest BCUT2D eigenvalue weighted by Gasteiger charge is -2.22. The molecular weight excluding hydrogens is 312 g/mol. The van der Waals surface area contributed by atoms with Crippen molar-refractivity contribution >= 4 is 15.9 Å². The maximum atomic E-state index is 3.63. The van der Waals surface area contributed by atoms with Crippen molar-refractivity contribution in [3.8, 4) is 0 Å². The van der Waals surface area contributed by atoms with E-state index in [0.29, 0.717) is 6.04 Å². The lowest BCUT2D eigenvalue weighted by atomic mass is 10.0. The van der Waals surface area contributed by atoms with E-state index < -0.39 is 0 Å². The Labute approximate surface area is 132 Å². The van der Waals surface area contributed by atoms with Gasteiger partial charge in [0.05, 0.1) is 0 Å². The van der Waals surface area contributed by atoms with Crippen LogP contribution in [0.2, 0.25) is 0 Å². The predicted octanol–water partition coefficient (Wildman–Crippen LogP) is 4.22. The molecule has 1 saturated heterocycles. The van der Waals surface area contributed by atoms with Gasteiger partial charge in [-0.1, -0.05) is 48.3 Å². The zero-order valence-electron chi connectivity index (χ0n) is 12.7. The fourth-order valence-corrected chi connectivity index (χ4v) is 3.35. The highest BCUT2D eigenvalue weighted by atomic mass is 79.9. The first-order valence-electron chi connectivity index (χ1n) is 7.94. The van der Waals surface area contributed by atoms with E-state index in [1.54, 1.807) is 0 Å². The molecule has 1 aliphatic rings. The summed E-state index contributed by atoms with van der Waals surface area (Å²) in [7, 11) is 0. The van der Waals surface area contributed by atoms with Gasteiger partial charge < -0.3 is 10.2 Å². The normalized spacial score (nSPS) is 21.2. The average Bonchev–Trinajstić information content (AvgIpc) is 2.92. The van der Waals surface area contributed by atoms with Crippen LogP contribution < -0.4 is 5.32 Å². The Balaban J connectivity index is 1.88. The molecule has 1 aliphatic heterocycles. The Morgan fingerprint density at radius 2 is 2.05 bits per heavy atom. The van der Waals surface area contributed by atoms with Gasteiger partial charge in [-0.2, -0.15) is 0 Å². The Kier molecular flexibility index (Phi) is 6.53. The van der Waals surface area contributed by atoms with Gasteiger partial charge in [0, 0.05) is 17.1 Å². The zero-order chi connectivity index (χ0) is 14.4. The minimum atomic E-state index is 0.480. The molecule has 20 heavy (non-hydrogen) atoms. The van der Waals surface area contributed by atoms with Crippen molar-refractivity contribution in [1.29, 1.82) is 0 Å². The molecule has 3 heteroatoms. The number of halogens is 1. The summed E-state index contributed by atoms with van der Waals surface area (Å²) in [5, 5.41) is 3.63. The fraction of sp³-hybridized carbons (Fsp3) is 0.647. The summed E-state index contributed by atoms with van der Waals surface area (Å²) in [6.45, 7) is 9.34. The summed E-state index contributed by atoms with van der Waals surface area (Å²) in [6.07, 6.45) is 3.92. The average molecular weight is 339 g/mol. The predicted molar refractivity (Wildman–Crippen MR) is 90.0 cm³/mol. The molecule has 1 N–H and O–H groups in total. The number of nitrogens with zero attached hydrogens (tertiary/aromatic N) is 1. The van der Waals surface area contributed by atoms with Crippen LogP contribution in [-0.4, -0.2) is 31.1 Å². The summed E-state index contributed by atoms with van der Waals surface area (Å²) < 4.78 is 1.15. The number of hydrogen-bond acceptors (Lipinski definition) is 2. The van der Waals surface area contributed by atoms with Gasteiger partial charge in [-0.25, -0.2) is 0 Å². The van der Waals surface area contributed by atoms with Crippen LogP contribution in [0.3, 0.4) is 0 Å². The highest BCUT2D eigenvalue weighted by Crippen LogP contribution is 2.23. The van der Waals surface area contributed by atoms with E-state index in [1.165, 1.54) is 44.5 Å². The fourth-order valence-electron chi connectivity index (χ4n) is 3.09. The summed E-state index contributed by atoms with van der Waals surface area (Å²) >= 11 is 3.51. The van der Waals surface area contributed by atoms with Gasteiger partial charge in [0.2, 0.25) is 0 Å². The molecule has 1 aromatic carbocycles. The third-order valence-electron chi connectivity index (χ3n) is 4.40. The second kappa shape index (κ2) is 8.16. The van der Waals surface area contributed by atoms with Crippen LogP contribution >= 0.6 is 15.9 Å². The van der Waals surface area contributed by atoms with E-state index in [4.69, 9.17) is 0 Å². The first kappa shape index (κ1) is 16.0. The number of rotatable bonds is 7. The molecule has 2 nitrogen and oxygen atoms in total. The number of likely N-dealkylation sites (tertiary alicyclic amines) is 1. The highest BCUT2D eigenvalue weighted by Gasteiger charge is 2.21. The Morgan fingerprint density at radius 3 is 2.65 bits per heavy atom. The van der Waals surface area contributed by atoms with Crippen molar-refractivity contribution in [3.05, 3.63) is 34.3 Å². The van der Waals surface area contributed by atoms with Gasteiger partial charge in [0.1, 0.15) is 0 Å². The lowest BCUT2D eigenvalue weighted by molar-refractivity contribution is 0.299. The Hall–Kier alpha value is -0.380. The van der Waals surface area contributed by atoms with Crippen LogP contribution in [0.1, 0.15) is 44.7 Å². The van der Waals surface area contributed by atoms with Crippen molar-refractivity contribution in [3.63, 3.8) is 0 Å². The third kappa shape index (κ3) is 4.57.